The number of fused-ring (bicyclic) bond motifs is 1. The highest BCUT2D eigenvalue weighted by molar-refractivity contribution is 6.31. The maximum atomic E-state index is 12.4. The first-order valence-corrected chi connectivity index (χ1v) is 6.77. The minimum absolute atomic E-state index is 0.197. The van der Waals surface area contributed by atoms with Gasteiger partial charge in [-0.05, 0) is 36.4 Å². The standard InChI is InChI=1S/C16H13ClN2O2/c1-21-12-5-6-15-13(8-12)14(9-18-15)16(20)19-11-4-2-3-10(17)7-11/h2-9,18H,1H3,(H,19,20). The number of aromatic nitrogens is 1. The van der Waals surface area contributed by atoms with Gasteiger partial charge in [0.2, 0.25) is 0 Å². The van der Waals surface area contributed by atoms with E-state index in [1.54, 1.807) is 37.6 Å². The SMILES string of the molecule is COc1ccc2[nH]cc(C(=O)Nc3cccc(Cl)c3)c2c1. The van der Waals surface area contributed by atoms with Gasteiger partial charge in [0.25, 0.3) is 5.91 Å². The van der Waals surface area contributed by atoms with Crippen LogP contribution >= 0.6 is 11.6 Å². The van der Waals surface area contributed by atoms with Gasteiger partial charge >= 0.3 is 0 Å². The van der Waals surface area contributed by atoms with E-state index in [0.717, 1.165) is 10.9 Å². The molecule has 106 valence electrons. The lowest BCUT2D eigenvalue weighted by molar-refractivity contribution is 0.102. The maximum absolute atomic E-state index is 12.4. The van der Waals surface area contributed by atoms with Crippen LogP contribution in [0.4, 0.5) is 5.69 Å². The molecular weight excluding hydrogens is 288 g/mol. The Labute approximate surface area is 126 Å². The number of carbonyl (C=O) groups is 1. The van der Waals surface area contributed by atoms with E-state index >= 15 is 0 Å². The molecular formula is C16H13ClN2O2. The highest BCUT2D eigenvalue weighted by Crippen LogP contribution is 2.24. The molecule has 5 heteroatoms. The average Bonchev–Trinajstić information content (AvgIpc) is 2.90. The number of nitrogens with one attached hydrogen (secondary N) is 2. The first-order chi connectivity index (χ1) is 10.2. The summed E-state index contributed by atoms with van der Waals surface area (Å²) in [5.41, 5.74) is 2.10. The van der Waals surface area contributed by atoms with Crippen LogP contribution in [0, 0.1) is 0 Å². The molecule has 2 N–H and O–H groups in total. The Hall–Kier alpha value is -2.46. The minimum atomic E-state index is -0.197. The van der Waals surface area contributed by atoms with Gasteiger partial charge in [-0.3, -0.25) is 4.79 Å². The van der Waals surface area contributed by atoms with E-state index in [2.05, 4.69) is 10.3 Å². The Bertz CT molecular complexity index is 811. The van der Waals surface area contributed by atoms with E-state index in [1.165, 1.54) is 0 Å². The molecule has 1 aromatic heterocycles. The number of halogens is 1. The summed E-state index contributed by atoms with van der Waals surface area (Å²) in [4.78, 5) is 15.5. The molecule has 0 aliphatic rings. The summed E-state index contributed by atoms with van der Waals surface area (Å²) in [6.07, 6.45) is 1.68. The monoisotopic (exact) mass is 300 g/mol. The fraction of sp³-hybridized carbons (Fsp3) is 0.0625. The summed E-state index contributed by atoms with van der Waals surface area (Å²) in [5.74, 6) is 0.510. The average molecular weight is 301 g/mol. The summed E-state index contributed by atoms with van der Waals surface area (Å²) in [5, 5.41) is 4.22. The lowest BCUT2D eigenvalue weighted by Gasteiger charge is -2.05. The summed E-state index contributed by atoms with van der Waals surface area (Å²) in [7, 11) is 1.60. The van der Waals surface area contributed by atoms with Crippen LogP contribution in [-0.2, 0) is 0 Å². The molecule has 0 spiro atoms. The molecule has 0 aliphatic carbocycles. The van der Waals surface area contributed by atoms with Gasteiger partial charge in [0.05, 0.1) is 12.7 Å². The predicted molar refractivity (Wildman–Crippen MR) is 84.3 cm³/mol. The van der Waals surface area contributed by atoms with Crippen LogP contribution in [0.2, 0.25) is 5.02 Å². The van der Waals surface area contributed by atoms with E-state index in [9.17, 15) is 4.79 Å². The molecule has 0 atom stereocenters. The van der Waals surface area contributed by atoms with Crippen LogP contribution in [0.5, 0.6) is 5.75 Å². The Morgan fingerprint density at radius 3 is 2.86 bits per heavy atom. The fourth-order valence-electron chi connectivity index (χ4n) is 2.18. The molecule has 21 heavy (non-hydrogen) atoms. The number of hydrogen-bond donors (Lipinski definition) is 2. The Morgan fingerprint density at radius 1 is 1.24 bits per heavy atom. The number of aromatic amines is 1. The minimum Gasteiger partial charge on any atom is -0.497 e. The molecule has 3 rings (SSSR count). The molecule has 2 aromatic carbocycles. The number of H-pyrrole nitrogens is 1. The Morgan fingerprint density at radius 2 is 2.10 bits per heavy atom. The van der Waals surface area contributed by atoms with Gasteiger partial charge < -0.3 is 15.0 Å². The topological polar surface area (TPSA) is 54.1 Å². The van der Waals surface area contributed by atoms with Crippen molar-refractivity contribution >= 4 is 34.1 Å². The van der Waals surface area contributed by atoms with E-state index in [4.69, 9.17) is 16.3 Å². The van der Waals surface area contributed by atoms with Crippen LogP contribution in [0.1, 0.15) is 10.4 Å². The van der Waals surface area contributed by atoms with Crippen LogP contribution in [-0.4, -0.2) is 18.0 Å². The van der Waals surface area contributed by atoms with Gasteiger partial charge in [-0.2, -0.15) is 0 Å². The van der Waals surface area contributed by atoms with E-state index < -0.39 is 0 Å². The van der Waals surface area contributed by atoms with Gasteiger partial charge in [0, 0.05) is 27.8 Å². The molecule has 0 bridgehead atoms. The molecule has 0 fully saturated rings. The number of ether oxygens (including phenoxy) is 1. The second-order valence-electron chi connectivity index (χ2n) is 4.58. The molecule has 0 unspecified atom stereocenters. The lowest BCUT2D eigenvalue weighted by atomic mass is 10.1. The molecule has 1 heterocycles. The van der Waals surface area contributed by atoms with Gasteiger partial charge in [-0.1, -0.05) is 17.7 Å². The molecule has 0 radical (unpaired) electrons. The molecule has 0 saturated carbocycles. The van der Waals surface area contributed by atoms with Crippen molar-refractivity contribution in [1.82, 2.24) is 4.98 Å². The second kappa shape index (κ2) is 5.50. The molecule has 0 aliphatic heterocycles. The third-order valence-electron chi connectivity index (χ3n) is 3.22. The number of methoxy groups -OCH3 is 1. The zero-order valence-electron chi connectivity index (χ0n) is 11.3. The summed E-state index contributed by atoms with van der Waals surface area (Å²) < 4.78 is 5.20. The highest BCUT2D eigenvalue weighted by atomic mass is 35.5. The van der Waals surface area contributed by atoms with Crippen molar-refractivity contribution in [2.75, 3.05) is 12.4 Å². The number of rotatable bonds is 3. The largest absolute Gasteiger partial charge is 0.497 e. The zero-order valence-corrected chi connectivity index (χ0v) is 12.1. The van der Waals surface area contributed by atoms with Gasteiger partial charge in [-0.15, -0.1) is 0 Å². The number of benzene rings is 2. The second-order valence-corrected chi connectivity index (χ2v) is 5.01. The van der Waals surface area contributed by atoms with Crippen molar-refractivity contribution in [3.63, 3.8) is 0 Å². The first kappa shape index (κ1) is 13.5. The van der Waals surface area contributed by atoms with Crippen molar-refractivity contribution in [2.24, 2.45) is 0 Å². The Balaban J connectivity index is 1.94. The number of carbonyl (C=O) groups excluding carboxylic acids is 1. The summed E-state index contributed by atoms with van der Waals surface area (Å²) in [6, 6.07) is 12.6. The van der Waals surface area contributed by atoms with Crippen molar-refractivity contribution < 1.29 is 9.53 Å². The van der Waals surface area contributed by atoms with Crippen molar-refractivity contribution in [1.29, 1.82) is 0 Å². The molecule has 0 saturated heterocycles. The predicted octanol–water partition coefficient (Wildman–Crippen LogP) is 4.08. The molecule has 4 nitrogen and oxygen atoms in total. The quantitative estimate of drug-likeness (QED) is 0.765. The fourth-order valence-corrected chi connectivity index (χ4v) is 2.37. The van der Waals surface area contributed by atoms with Crippen LogP contribution in [0.25, 0.3) is 10.9 Å². The van der Waals surface area contributed by atoms with Crippen LogP contribution in [0.15, 0.2) is 48.7 Å². The lowest BCUT2D eigenvalue weighted by Crippen LogP contribution is -2.11. The van der Waals surface area contributed by atoms with Crippen molar-refractivity contribution in [2.45, 2.75) is 0 Å². The first-order valence-electron chi connectivity index (χ1n) is 6.39. The molecule has 3 aromatic rings. The van der Waals surface area contributed by atoms with Crippen LogP contribution in [0.3, 0.4) is 0 Å². The van der Waals surface area contributed by atoms with Gasteiger partial charge in [-0.25, -0.2) is 0 Å². The van der Waals surface area contributed by atoms with Crippen LogP contribution < -0.4 is 10.1 Å². The number of hydrogen-bond acceptors (Lipinski definition) is 2. The van der Waals surface area contributed by atoms with Crippen molar-refractivity contribution in [3.05, 3.63) is 59.2 Å². The van der Waals surface area contributed by atoms with Crippen molar-refractivity contribution in [3.8, 4) is 5.75 Å². The smallest absolute Gasteiger partial charge is 0.257 e. The number of anilines is 1. The number of amides is 1. The van der Waals surface area contributed by atoms with Gasteiger partial charge in [0.1, 0.15) is 5.75 Å². The maximum Gasteiger partial charge on any atom is 0.257 e. The highest BCUT2D eigenvalue weighted by Gasteiger charge is 2.13. The van der Waals surface area contributed by atoms with Gasteiger partial charge in [0.15, 0.2) is 0 Å². The van der Waals surface area contributed by atoms with E-state index in [1.807, 2.05) is 18.2 Å². The van der Waals surface area contributed by atoms with E-state index in [-0.39, 0.29) is 5.91 Å². The summed E-state index contributed by atoms with van der Waals surface area (Å²) in [6.45, 7) is 0. The summed E-state index contributed by atoms with van der Waals surface area (Å²) >= 11 is 5.91. The Kier molecular flexibility index (Phi) is 3.54. The zero-order chi connectivity index (χ0) is 14.8. The third kappa shape index (κ3) is 2.71. The normalized spacial score (nSPS) is 10.6. The van der Waals surface area contributed by atoms with E-state index in [0.29, 0.717) is 22.0 Å². The third-order valence-corrected chi connectivity index (χ3v) is 3.45. The molecule has 1 amide bonds.